The van der Waals surface area contributed by atoms with Crippen LogP contribution in [0, 0.1) is 0 Å². The van der Waals surface area contributed by atoms with Crippen LogP contribution in [0.2, 0.25) is 0 Å². The quantitative estimate of drug-likeness (QED) is 0.131. The van der Waals surface area contributed by atoms with Crippen LogP contribution in [-0.4, -0.2) is 25.1 Å². The topological polar surface area (TPSA) is 0 Å². The molecule has 0 spiro atoms. The Bertz CT molecular complexity index is 530. The van der Waals surface area contributed by atoms with E-state index < -0.39 is 0 Å². The number of benzene rings is 1. The van der Waals surface area contributed by atoms with Crippen molar-refractivity contribution in [2.24, 2.45) is 0 Å². The van der Waals surface area contributed by atoms with Gasteiger partial charge in [0.1, 0.15) is 6.54 Å². The second-order valence-corrected chi connectivity index (χ2v) is 11.2. The number of quaternary nitrogens is 1. The van der Waals surface area contributed by atoms with Gasteiger partial charge in [-0.15, -0.1) is 0 Å². The second-order valence-electron chi connectivity index (χ2n) is 11.2. The molecule has 186 valence electrons. The molecule has 0 amide bonds. The van der Waals surface area contributed by atoms with Crippen LogP contribution in [0.1, 0.15) is 147 Å². The molecule has 0 N–H and O–H groups in total. The predicted octanol–water partition coefficient (Wildman–Crippen LogP) is 10.0. The van der Waals surface area contributed by atoms with E-state index in [9.17, 15) is 0 Å². The fourth-order valence-corrected chi connectivity index (χ4v) is 4.85. The molecule has 32 heavy (non-hydrogen) atoms. The first-order valence-corrected chi connectivity index (χ1v) is 14.4. The number of nitrogens with zero attached hydrogens (tertiary/aromatic N) is 1. The lowest BCUT2D eigenvalue weighted by molar-refractivity contribution is -0.903. The summed E-state index contributed by atoms with van der Waals surface area (Å²) in [5.74, 6) is 0.677. The van der Waals surface area contributed by atoms with Gasteiger partial charge >= 0.3 is 0 Å². The highest BCUT2D eigenvalue weighted by molar-refractivity contribution is 5.24. The lowest BCUT2D eigenvalue weighted by atomic mass is 9.97. The van der Waals surface area contributed by atoms with E-state index in [1.54, 1.807) is 0 Å². The fourth-order valence-electron chi connectivity index (χ4n) is 4.85. The van der Waals surface area contributed by atoms with Crippen LogP contribution >= 0.6 is 0 Å². The molecule has 1 heteroatoms. The Labute approximate surface area is 203 Å². The average Bonchev–Trinajstić information content (AvgIpc) is 2.78. The highest BCUT2D eigenvalue weighted by atomic mass is 15.3. The smallest absolute Gasteiger partial charge is 0.104 e. The van der Waals surface area contributed by atoms with Crippen molar-refractivity contribution in [2.45, 2.75) is 142 Å². The molecule has 1 aromatic carbocycles. The van der Waals surface area contributed by atoms with Crippen LogP contribution < -0.4 is 0 Å². The molecule has 0 radical (unpaired) electrons. The highest BCUT2D eigenvalue weighted by Gasteiger charge is 2.15. The highest BCUT2D eigenvalue weighted by Crippen LogP contribution is 2.20. The van der Waals surface area contributed by atoms with Crippen LogP contribution in [0.25, 0.3) is 0 Å². The van der Waals surface area contributed by atoms with Gasteiger partial charge in [-0.3, -0.25) is 0 Å². The molecule has 0 heterocycles. The zero-order chi connectivity index (χ0) is 23.5. The molecule has 0 fully saturated rings. The molecular formula is C31H58N+. The van der Waals surface area contributed by atoms with Gasteiger partial charge in [-0.2, -0.15) is 0 Å². The van der Waals surface area contributed by atoms with E-state index in [0.717, 1.165) is 11.0 Å². The summed E-state index contributed by atoms with van der Waals surface area (Å²) in [6, 6.07) is 9.40. The third-order valence-corrected chi connectivity index (χ3v) is 7.39. The molecule has 0 aliphatic heterocycles. The predicted molar refractivity (Wildman–Crippen MR) is 145 cm³/mol. The Kier molecular flexibility index (Phi) is 17.0. The zero-order valence-electron chi connectivity index (χ0n) is 22.8. The normalized spacial score (nSPS) is 12.9. The summed E-state index contributed by atoms with van der Waals surface area (Å²) in [7, 11) is 4.79. The van der Waals surface area contributed by atoms with Gasteiger partial charge in [0.2, 0.25) is 0 Å². The zero-order valence-corrected chi connectivity index (χ0v) is 22.8. The van der Waals surface area contributed by atoms with E-state index in [2.05, 4.69) is 59.1 Å². The third-order valence-electron chi connectivity index (χ3n) is 7.39. The van der Waals surface area contributed by atoms with Crippen LogP contribution in [0.15, 0.2) is 24.3 Å². The van der Waals surface area contributed by atoms with Gasteiger partial charge < -0.3 is 4.48 Å². The summed E-state index contributed by atoms with van der Waals surface area (Å²) < 4.78 is 1.11. The van der Waals surface area contributed by atoms with Gasteiger partial charge in [-0.05, 0) is 30.7 Å². The van der Waals surface area contributed by atoms with Gasteiger partial charge in [0.25, 0.3) is 0 Å². The maximum absolute atomic E-state index is 2.40. The Balaban J connectivity index is 1.95. The number of unbranched alkanes of at least 4 members (excludes halogenated alkanes) is 15. The molecule has 0 saturated carbocycles. The average molecular weight is 445 g/mol. The maximum atomic E-state index is 2.40. The summed E-state index contributed by atoms with van der Waals surface area (Å²) in [5, 5.41) is 0. The number of hydrogen-bond donors (Lipinski definition) is 0. The molecule has 0 aliphatic rings. The van der Waals surface area contributed by atoms with Crippen LogP contribution in [0.5, 0.6) is 0 Å². The fraction of sp³-hybridized carbons (Fsp3) is 0.806. The molecule has 0 bridgehead atoms. The standard InChI is InChI=1S/C31H58N/c1-6-8-9-10-11-12-13-14-15-16-17-18-19-20-21-22-27-32(4,5)28-30-23-25-31(26-24-30)29(3)7-2/h23-26,29H,6-22,27-28H2,1-5H3/q+1. The van der Waals surface area contributed by atoms with Gasteiger partial charge in [0.05, 0.1) is 20.6 Å². The van der Waals surface area contributed by atoms with E-state index in [0.29, 0.717) is 5.92 Å². The van der Waals surface area contributed by atoms with Crippen molar-refractivity contribution in [2.75, 3.05) is 20.6 Å². The van der Waals surface area contributed by atoms with Crippen molar-refractivity contribution in [3.8, 4) is 0 Å². The van der Waals surface area contributed by atoms with Crippen molar-refractivity contribution < 1.29 is 4.48 Å². The molecule has 0 aromatic heterocycles. The minimum absolute atomic E-state index is 0.677. The van der Waals surface area contributed by atoms with E-state index >= 15 is 0 Å². The molecule has 1 unspecified atom stereocenters. The van der Waals surface area contributed by atoms with Crippen molar-refractivity contribution >= 4 is 0 Å². The monoisotopic (exact) mass is 444 g/mol. The molecule has 1 aromatic rings. The van der Waals surface area contributed by atoms with E-state index in [1.807, 2.05) is 0 Å². The minimum Gasteiger partial charge on any atom is -0.325 e. The maximum Gasteiger partial charge on any atom is 0.104 e. The first kappa shape index (κ1) is 29.2. The van der Waals surface area contributed by atoms with Gasteiger partial charge in [0.15, 0.2) is 0 Å². The SMILES string of the molecule is CCCCCCCCCCCCCCCCCC[N+](C)(C)Cc1ccc(C(C)CC)cc1. The summed E-state index contributed by atoms with van der Waals surface area (Å²) in [4.78, 5) is 0. The van der Waals surface area contributed by atoms with Crippen LogP contribution in [0.3, 0.4) is 0 Å². The van der Waals surface area contributed by atoms with E-state index in [4.69, 9.17) is 0 Å². The van der Waals surface area contributed by atoms with E-state index in [-0.39, 0.29) is 0 Å². The molecule has 1 rings (SSSR count). The second kappa shape index (κ2) is 18.6. The number of hydrogen-bond acceptors (Lipinski definition) is 0. The van der Waals surface area contributed by atoms with E-state index in [1.165, 1.54) is 127 Å². The first-order chi connectivity index (χ1) is 15.5. The Morgan fingerprint density at radius 3 is 1.41 bits per heavy atom. The molecule has 0 saturated heterocycles. The first-order valence-electron chi connectivity index (χ1n) is 14.4. The molecule has 1 atom stereocenters. The third kappa shape index (κ3) is 15.1. The van der Waals surface area contributed by atoms with Crippen LogP contribution in [0.4, 0.5) is 0 Å². The Morgan fingerprint density at radius 2 is 1.00 bits per heavy atom. The summed E-state index contributed by atoms with van der Waals surface area (Å²) in [6.45, 7) is 9.35. The van der Waals surface area contributed by atoms with Gasteiger partial charge in [-0.25, -0.2) is 0 Å². The Hall–Kier alpha value is -0.820. The minimum atomic E-state index is 0.677. The molecule has 0 aliphatic carbocycles. The van der Waals surface area contributed by atoms with Crippen molar-refractivity contribution in [3.63, 3.8) is 0 Å². The summed E-state index contributed by atoms with van der Waals surface area (Å²) in [5.41, 5.74) is 2.97. The number of rotatable bonds is 21. The molecule has 1 nitrogen and oxygen atoms in total. The van der Waals surface area contributed by atoms with Gasteiger partial charge in [0, 0.05) is 5.56 Å². The largest absolute Gasteiger partial charge is 0.325 e. The summed E-state index contributed by atoms with van der Waals surface area (Å²) >= 11 is 0. The summed E-state index contributed by atoms with van der Waals surface area (Å²) in [6.07, 6.45) is 24.4. The molecular weight excluding hydrogens is 386 g/mol. The van der Waals surface area contributed by atoms with Crippen molar-refractivity contribution in [1.29, 1.82) is 0 Å². The van der Waals surface area contributed by atoms with Crippen molar-refractivity contribution in [1.82, 2.24) is 0 Å². The van der Waals surface area contributed by atoms with Crippen LogP contribution in [-0.2, 0) is 6.54 Å². The lowest BCUT2D eigenvalue weighted by Gasteiger charge is -2.30. The lowest BCUT2D eigenvalue weighted by Crippen LogP contribution is -2.39. The van der Waals surface area contributed by atoms with Gasteiger partial charge in [-0.1, -0.05) is 135 Å². The van der Waals surface area contributed by atoms with Crippen molar-refractivity contribution in [3.05, 3.63) is 35.4 Å². The Morgan fingerprint density at radius 1 is 0.594 bits per heavy atom.